The molecule has 0 N–H and O–H groups in total. The van der Waals surface area contributed by atoms with Crippen LogP contribution in [0, 0.1) is 6.92 Å². The normalized spacial score (nSPS) is 11.6. The highest BCUT2D eigenvalue weighted by atomic mass is 32.2. The fourth-order valence-corrected chi connectivity index (χ4v) is 3.41. The van der Waals surface area contributed by atoms with Crippen LogP contribution in [0.4, 0.5) is 0 Å². The van der Waals surface area contributed by atoms with E-state index in [2.05, 4.69) is 20.5 Å². The smallest absolute Gasteiger partial charge is 0.233 e. The topological polar surface area (TPSA) is 104 Å². The van der Waals surface area contributed by atoms with Gasteiger partial charge in [-0.25, -0.2) is 13.1 Å². The molecule has 0 bridgehead atoms. The van der Waals surface area contributed by atoms with Gasteiger partial charge < -0.3 is 4.52 Å². The fourth-order valence-electron chi connectivity index (χ4n) is 2.78. The molecule has 0 saturated heterocycles. The van der Waals surface area contributed by atoms with Gasteiger partial charge in [0, 0.05) is 11.8 Å². The molecule has 142 valence electrons. The fraction of sp³-hybridized carbons (Fsp3) is 0.158. The van der Waals surface area contributed by atoms with Crippen LogP contribution in [0.3, 0.4) is 0 Å². The summed E-state index contributed by atoms with van der Waals surface area (Å²) in [6, 6.07) is 16.1. The highest BCUT2D eigenvalue weighted by Gasteiger charge is 2.16. The van der Waals surface area contributed by atoms with Crippen molar-refractivity contribution in [1.29, 1.82) is 0 Å². The molecule has 0 atom stereocenters. The minimum Gasteiger partial charge on any atom is -0.339 e. The van der Waals surface area contributed by atoms with E-state index >= 15 is 0 Å². The van der Waals surface area contributed by atoms with Gasteiger partial charge in [0.15, 0.2) is 9.84 Å². The third-order valence-corrected chi connectivity index (χ3v) is 5.45. The number of aromatic nitrogens is 5. The molecule has 4 aromatic rings. The number of benzene rings is 2. The minimum absolute atomic E-state index is 0.244. The van der Waals surface area contributed by atoms with Gasteiger partial charge in [0.1, 0.15) is 0 Å². The van der Waals surface area contributed by atoms with Crippen LogP contribution >= 0.6 is 0 Å². The van der Waals surface area contributed by atoms with Crippen molar-refractivity contribution in [2.75, 3.05) is 6.26 Å². The van der Waals surface area contributed by atoms with Crippen LogP contribution in [0.5, 0.6) is 0 Å². The highest BCUT2D eigenvalue weighted by Crippen LogP contribution is 2.20. The summed E-state index contributed by atoms with van der Waals surface area (Å²) in [6.45, 7) is 1.93. The lowest BCUT2D eigenvalue weighted by atomic mass is 10.2. The molecule has 9 heteroatoms. The van der Waals surface area contributed by atoms with E-state index < -0.39 is 9.84 Å². The Morgan fingerprint density at radius 2 is 1.75 bits per heavy atom. The van der Waals surface area contributed by atoms with Gasteiger partial charge in [-0.2, -0.15) is 4.98 Å². The number of hydrogen-bond donors (Lipinski definition) is 0. The molecule has 0 amide bonds. The minimum atomic E-state index is -3.24. The zero-order valence-corrected chi connectivity index (χ0v) is 16.1. The van der Waals surface area contributed by atoms with Crippen molar-refractivity contribution in [2.45, 2.75) is 18.2 Å². The average Bonchev–Trinajstić information content (AvgIpc) is 3.30. The number of hydrogen-bond acceptors (Lipinski definition) is 7. The van der Waals surface area contributed by atoms with E-state index in [-0.39, 0.29) is 4.90 Å². The molecule has 8 nitrogen and oxygen atoms in total. The lowest BCUT2D eigenvalue weighted by molar-refractivity contribution is 0.384. The standard InChI is InChI=1S/C19H17N5O3S/c1-13-17(21-23-24(13)15-6-4-3-5-7-15)12-18-20-19(22-27-18)14-8-10-16(11-9-14)28(2,25)26/h3-11H,12H2,1-2H3. The second kappa shape index (κ2) is 7.01. The molecule has 4 rings (SSSR count). The van der Waals surface area contributed by atoms with Gasteiger partial charge in [0.25, 0.3) is 0 Å². The van der Waals surface area contributed by atoms with Crippen molar-refractivity contribution in [3.8, 4) is 17.1 Å². The molecule has 2 aromatic heterocycles. The van der Waals surface area contributed by atoms with E-state index in [1.54, 1.807) is 16.8 Å². The first-order valence-electron chi connectivity index (χ1n) is 8.51. The largest absolute Gasteiger partial charge is 0.339 e. The number of para-hydroxylation sites is 1. The van der Waals surface area contributed by atoms with Crippen LogP contribution in [-0.2, 0) is 16.3 Å². The third-order valence-electron chi connectivity index (χ3n) is 4.32. The number of nitrogens with zero attached hydrogens (tertiary/aromatic N) is 5. The van der Waals surface area contributed by atoms with Gasteiger partial charge in [-0.15, -0.1) is 5.10 Å². The SMILES string of the molecule is Cc1c(Cc2nc(-c3ccc(S(C)(=O)=O)cc3)no2)nnn1-c1ccccc1. The summed E-state index contributed by atoms with van der Waals surface area (Å²) in [5, 5.41) is 12.4. The summed E-state index contributed by atoms with van der Waals surface area (Å²) < 4.78 is 30.2. The molecular formula is C19H17N5O3S. The number of sulfone groups is 1. The van der Waals surface area contributed by atoms with Crippen molar-refractivity contribution in [3.05, 3.63) is 71.9 Å². The maximum Gasteiger partial charge on any atom is 0.233 e. The second-order valence-corrected chi connectivity index (χ2v) is 8.37. The number of rotatable bonds is 5. The van der Waals surface area contributed by atoms with Crippen molar-refractivity contribution in [2.24, 2.45) is 0 Å². The monoisotopic (exact) mass is 395 g/mol. The van der Waals surface area contributed by atoms with Crippen LogP contribution in [0.15, 0.2) is 64.0 Å². The Morgan fingerprint density at radius 1 is 1.04 bits per heavy atom. The summed E-state index contributed by atoms with van der Waals surface area (Å²) >= 11 is 0. The van der Waals surface area contributed by atoms with Gasteiger partial charge in [-0.1, -0.05) is 28.6 Å². The Bertz CT molecular complexity index is 1210. The Kier molecular flexibility index (Phi) is 4.52. The van der Waals surface area contributed by atoms with Gasteiger partial charge in [-0.05, 0) is 43.3 Å². The predicted molar refractivity (Wildman–Crippen MR) is 102 cm³/mol. The maximum atomic E-state index is 11.6. The van der Waals surface area contributed by atoms with E-state index in [1.165, 1.54) is 18.4 Å². The molecule has 0 saturated carbocycles. The molecule has 28 heavy (non-hydrogen) atoms. The van der Waals surface area contributed by atoms with Crippen molar-refractivity contribution in [3.63, 3.8) is 0 Å². The third kappa shape index (κ3) is 3.56. The average molecular weight is 395 g/mol. The summed E-state index contributed by atoms with van der Waals surface area (Å²) in [5.74, 6) is 0.800. The van der Waals surface area contributed by atoms with E-state index in [1.807, 2.05) is 37.3 Å². The van der Waals surface area contributed by atoms with Crippen LogP contribution in [0.2, 0.25) is 0 Å². The molecule has 0 aliphatic heterocycles. The molecule has 0 radical (unpaired) electrons. The molecule has 2 heterocycles. The van der Waals surface area contributed by atoms with Crippen molar-refractivity contribution in [1.82, 2.24) is 25.1 Å². The van der Waals surface area contributed by atoms with Crippen LogP contribution in [0.1, 0.15) is 17.3 Å². The Balaban J connectivity index is 1.55. The summed E-state index contributed by atoms with van der Waals surface area (Å²) in [5.41, 5.74) is 3.23. The van der Waals surface area contributed by atoms with E-state index in [0.717, 1.165) is 17.1 Å². The lowest BCUT2D eigenvalue weighted by Crippen LogP contribution is -1.99. The van der Waals surface area contributed by atoms with Gasteiger partial charge in [0.05, 0.1) is 28.4 Å². The molecule has 0 spiro atoms. The lowest BCUT2D eigenvalue weighted by Gasteiger charge is -2.02. The summed E-state index contributed by atoms with van der Waals surface area (Å²) in [7, 11) is -3.24. The highest BCUT2D eigenvalue weighted by molar-refractivity contribution is 7.90. The molecule has 0 fully saturated rings. The quantitative estimate of drug-likeness (QED) is 0.511. The van der Waals surface area contributed by atoms with E-state index in [9.17, 15) is 8.42 Å². The van der Waals surface area contributed by atoms with Crippen LogP contribution < -0.4 is 0 Å². The second-order valence-electron chi connectivity index (χ2n) is 6.35. The van der Waals surface area contributed by atoms with Crippen LogP contribution in [0.25, 0.3) is 17.1 Å². The summed E-state index contributed by atoms with van der Waals surface area (Å²) in [6.07, 6.45) is 1.52. The zero-order chi connectivity index (χ0) is 19.7. The Labute approximate surface area is 161 Å². The van der Waals surface area contributed by atoms with Gasteiger partial charge in [0.2, 0.25) is 11.7 Å². The van der Waals surface area contributed by atoms with Gasteiger partial charge in [-0.3, -0.25) is 0 Å². The van der Waals surface area contributed by atoms with Crippen molar-refractivity contribution >= 4 is 9.84 Å². The Morgan fingerprint density at radius 3 is 2.43 bits per heavy atom. The zero-order valence-electron chi connectivity index (χ0n) is 15.3. The van der Waals surface area contributed by atoms with Crippen LogP contribution in [-0.4, -0.2) is 39.8 Å². The molecular weight excluding hydrogens is 378 g/mol. The van der Waals surface area contributed by atoms with E-state index in [4.69, 9.17) is 4.52 Å². The van der Waals surface area contributed by atoms with Gasteiger partial charge >= 0.3 is 0 Å². The van der Waals surface area contributed by atoms with Crippen molar-refractivity contribution < 1.29 is 12.9 Å². The first kappa shape index (κ1) is 18.1. The summed E-state index contributed by atoms with van der Waals surface area (Å²) in [4.78, 5) is 4.63. The first-order valence-corrected chi connectivity index (χ1v) is 10.4. The molecule has 2 aromatic carbocycles. The van der Waals surface area contributed by atoms with E-state index in [0.29, 0.717) is 23.7 Å². The Hall–Kier alpha value is -3.33. The first-order chi connectivity index (χ1) is 13.4. The maximum absolute atomic E-state index is 11.6. The molecule has 0 aliphatic carbocycles. The predicted octanol–water partition coefficient (Wildman–Crippen LogP) is 2.62. The molecule has 0 aliphatic rings. The molecule has 0 unspecified atom stereocenters.